The quantitative estimate of drug-likeness (QED) is 0.436. The Labute approximate surface area is 131 Å². The minimum Gasteiger partial charge on any atom is -0.504 e. The third-order valence-corrected chi connectivity index (χ3v) is 3.36. The van der Waals surface area contributed by atoms with Gasteiger partial charge in [-0.05, 0) is 29.8 Å². The summed E-state index contributed by atoms with van der Waals surface area (Å²) in [7, 11) is 0. The number of nitro benzene ring substituents is 1. The number of nitrogens with zero attached hydrogens (tertiary/aromatic N) is 2. The SMILES string of the molecule is O=[N+]([O-])c1cccc2ccc(/C=C/c3ccc(O)c(O)c3)nc12. The molecule has 23 heavy (non-hydrogen) atoms. The van der Waals surface area contributed by atoms with Crippen molar-refractivity contribution in [2.24, 2.45) is 0 Å². The third-order valence-electron chi connectivity index (χ3n) is 3.36. The van der Waals surface area contributed by atoms with Crippen molar-refractivity contribution in [2.45, 2.75) is 0 Å². The fraction of sp³-hybridized carbons (Fsp3) is 0. The molecule has 6 nitrogen and oxygen atoms in total. The average Bonchev–Trinajstić information content (AvgIpc) is 2.55. The first kappa shape index (κ1) is 14.5. The van der Waals surface area contributed by atoms with Crippen LogP contribution in [0.15, 0.2) is 48.5 Å². The van der Waals surface area contributed by atoms with Crippen molar-refractivity contribution in [3.63, 3.8) is 0 Å². The Bertz CT molecular complexity index is 935. The molecule has 0 aliphatic heterocycles. The highest BCUT2D eigenvalue weighted by atomic mass is 16.6. The average molecular weight is 308 g/mol. The Morgan fingerprint density at radius 2 is 1.83 bits per heavy atom. The summed E-state index contributed by atoms with van der Waals surface area (Å²) in [6.07, 6.45) is 3.38. The second-order valence-electron chi connectivity index (χ2n) is 4.92. The second-order valence-corrected chi connectivity index (χ2v) is 4.92. The van der Waals surface area contributed by atoms with E-state index in [0.29, 0.717) is 22.2 Å². The van der Waals surface area contributed by atoms with Crippen LogP contribution in [0, 0.1) is 10.1 Å². The van der Waals surface area contributed by atoms with Crippen LogP contribution in [0.2, 0.25) is 0 Å². The van der Waals surface area contributed by atoms with Gasteiger partial charge in [-0.15, -0.1) is 0 Å². The summed E-state index contributed by atoms with van der Waals surface area (Å²) in [6.45, 7) is 0. The van der Waals surface area contributed by atoms with E-state index in [1.54, 1.807) is 42.5 Å². The van der Waals surface area contributed by atoms with Crippen LogP contribution >= 0.6 is 0 Å². The fourth-order valence-electron chi connectivity index (χ4n) is 2.21. The maximum atomic E-state index is 11.1. The van der Waals surface area contributed by atoms with Crippen molar-refractivity contribution >= 4 is 28.7 Å². The van der Waals surface area contributed by atoms with Crippen LogP contribution in [0.4, 0.5) is 5.69 Å². The first-order valence-electron chi connectivity index (χ1n) is 6.79. The van der Waals surface area contributed by atoms with E-state index in [2.05, 4.69) is 4.98 Å². The summed E-state index contributed by atoms with van der Waals surface area (Å²) in [5.41, 5.74) is 1.51. The Kier molecular flexibility index (Phi) is 3.64. The molecule has 0 bridgehead atoms. The van der Waals surface area contributed by atoms with E-state index in [4.69, 9.17) is 0 Å². The summed E-state index contributed by atoms with van der Waals surface area (Å²) in [5, 5.41) is 30.5. The van der Waals surface area contributed by atoms with Crippen LogP contribution < -0.4 is 0 Å². The normalized spacial score (nSPS) is 11.1. The first-order chi connectivity index (χ1) is 11.0. The Morgan fingerprint density at radius 3 is 2.57 bits per heavy atom. The zero-order valence-electron chi connectivity index (χ0n) is 11.9. The Morgan fingerprint density at radius 1 is 1.00 bits per heavy atom. The number of aromatic nitrogens is 1. The van der Waals surface area contributed by atoms with Crippen LogP contribution in [0.25, 0.3) is 23.1 Å². The molecule has 1 aromatic heterocycles. The number of phenolic OH excluding ortho intramolecular Hbond substituents is 2. The number of hydrogen-bond acceptors (Lipinski definition) is 5. The van der Waals surface area contributed by atoms with E-state index in [0.717, 1.165) is 0 Å². The summed E-state index contributed by atoms with van der Waals surface area (Å²) in [5.74, 6) is -0.407. The Hall–Kier alpha value is -3.41. The molecule has 0 saturated carbocycles. The lowest BCUT2D eigenvalue weighted by molar-refractivity contribution is -0.383. The number of fused-ring (bicyclic) bond motifs is 1. The van der Waals surface area contributed by atoms with Gasteiger partial charge in [0, 0.05) is 11.5 Å². The molecule has 0 fully saturated rings. The van der Waals surface area contributed by atoms with Gasteiger partial charge >= 0.3 is 0 Å². The van der Waals surface area contributed by atoms with Crippen LogP contribution in [0.3, 0.4) is 0 Å². The van der Waals surface area contributed by atoms with Crippen molar-refractivity contribution in [3.05, 3.63) is 69.9 Å². The number of nitro groups is 1. The minimum absolute atomic E-state index is 0.0416. The highest BCUT2D eigenvalue weighted by molar-refractivity contribution is 5.88. The standard InChI is InChI=1S/C17H12N2O4/c20-15-9-5-11(10-16(15)21)4-7-13-8-6-12-2-1-3-14(19(22)23)17(12)18-13/h1-10,20-21H/b7-4+. The molecular formula is C17H12N2O4. The number of phenols is 2. The van der Waals surface area contributed by atoms with E-state index in [1.807, 2.05) is 0 Å². The number of pyridine rings is 1. The van der Waals surface area contributed by atoms with Crippen molar-refractivity contribution in [1.29, 1.82) is 0 Å². The summed E-state index contributed by atoms with van der Waals surface area (Å²) >= 11 is 0. The van der Waals surface area contributed by atoms with Crippen LogP contribution in [-0.2, 0) is 0 Å². The molecule has 0 aliphatic rings. The topological polar surface area (TPSA) is 96.5 Å². The molecular weight excluding hydrogens is 296 g/mol. The van der Waals surface area contributed by atoms with Crippen LogP contribution in [0.5, 0.6) is 11.5 Å². The maximum Gasteiger partial charge on any atom is 0.295 e. The molecule has 0 saturated heterocycles. The molecule has 6 heteroatoms. The monoisotopic (exact) mass is 308 g/mol. The molecule has 3 rings (SSSR count). The smallest absolute Gasteiger partial charge is 0.295 e. The van der Waals surface area contributed by atoms with Gasteiger partial charge in [-0.25, -0.2) is 4.98 Å². The zero-order valence-corrected chi connectivity index (χ0v) is 11.9. The fourth-order valence-corrected chi connectivity index (χ4v) is 2.21. The number of rotatable bonds is 3. The molecule has 0 amide bonds. The van der Waals surface area contributed by atoms with Gasteiger partial charge in [-0.3, -0.25) is 10.1 Å². The molecule has 2 aromatic carbocycles. The number of aromatic hydroxyl groups is 2. The van der Waals surface area contributed by atoms with Gasteiger partial charge in [0.05, 0.1) is 10.6 Å². The molecule has 0 unspecified atom stereocenters. The van der Waals surface area contributed by atoms with Crippen LogP contribution in [-0.4, -0.2) is 20.1 Å². The van der Waals surface area contributed by atoms with E-state index in [1.165, 1.54) is 18.2 Å². The molecule has 3 aromatic rings. The lowest BCUT2D eigenvalue weighted by Gasteiger charge is -2.01. The van der Waals surface area contributed by atoms with Crippen molar-refractivity contribution in [2.75, 3.05) is 0 Å². The van der Waals surface area contributed by atoms with E-state index in [-0.39, 0.29) is 17.2 Å². The molecule has 0 aliphatic carbocycles. The van der Waals surface area contributed by atoms with Crippen molar-refractivity contribution in [1.82, 2.24) is 4.98 Å². The number of hydrogen-bond donors (Lipinski definition) is 2. The minimum atomic E-state index is -0.458. The molecule has 0 radical (unpaired) electrons. The van der Waals surface area contributed by atoms with Gasteiger partial charge in [0.1, 0.15) is 5.52 Å². The Balaban J connectivity index is 2.00. The molecule has 0 spiro atoms. The zero-order chi connectivity index (χ0) is 16.4. The number of non-ortho nitro benzene ring substituents is 1. The van der Waals surface area contributed by atoms with E-state index < -0.39 is 4.92 Å². The van der Waals surface area contributed by atoms with Gasteiger partial charge in [0.25, 0.3) is 5.69 Å². The summed E-state index contributed by atoms with van der Waals surface area (Å²) in [4.78, 5) is 14.9. The van der Waals surface area contributed by atoms with E-state index >= 15 is 0 Å². The van der Waals surface area contributed by atoms with Crippen molar-refractivity contribution < 1.29 is 15.1 Å². The lowest BCUT2D eigenvalue weighted by Crippen LogP contribution is -1.92. The second kappa shape index (κ2) is 5.76. The first-order valence-corrected chi connectivity index (χ1v) is 6.79. The van der Waals surface area contributed by atoms with Gasteiger partial charge in [0.15, 0.2) is 11.5 Å². The van der Waals surface area contributed by atoms with Gasteiger partial charge in [-0.2, -0.15) is 0 Å². The van der Waals surface area contributed by atoms with Gasteiger partial charge < -0.3 is 10.2 Å². The van der Waals surface area contributed by atoms with Crippen molar-refractivity contribution in [3.8, 4) is 11.5 Å². The number of para-hydroxylation sites is 1. The maximum absolute atomic E-state index is 11.1. The predicted octanol–water partition coefficient (Wildman–Crippen LogP) is 3.72. The van der Waals surface area contributed by atoms with Gasteiger partial charge in [-0.1, -0.05) is 30.3 Å². The largest absolute Gasteiger partial charge is 0.504 e. The molecule has 1 heterocycles. The molecule has 0 atom stereocenters. The summed E-state index contributed by atoms with van der Waals surface area (Å²) < 4.78 is 0. The molecule has 114 valence electrons. The summed E-state index contributed by atoms with van der Waals surface area (Å²) in [6, 6.07) is 12.8. The number of benzene rings is 2. The highest BCUT2D eigenvalue weighted by Gasteiger charge is 2.12. The third kappa shape index (κ3) is 2.96. The van der Waals surface area contributed by atoms with Crippen LogP contribution in [0.1, 0.15) is 11.3 Å². The highest BCUT2D eigenvalue weighted by Crippen LogP contribution is 2.26. The van der Waals surface area contributed by atoms with Gasteiger partial charge in [0.2, 0.25) is 0 Å². The van der Waals surface area contributed by atoms with E-state index in [9.17, 15) is 20.3 Å². The lowest BCUT2D eigenvalue weighted by atomic mass is 10.1. The predicted molar refractivity (Wildman–Crippen MR) is 87.1 cm³/mol. The molecule has 2 N–H and O–H groups in total.